The van der Waals surface area contributed by atoms with Crippen LogP contribution in [0.25, 0.3) is 5.69 Å². The van der Waals surface area contributed by atoms with Gasteiger partial charge in [-0.1, -0.05) is 13.8 Å². The van der Waals surface area contributed by atoms with Gasteiger partial charge in [-0.2, -0.15) is 10.4 Å². The first-order chi connectivity index (χ1) is 8.11. The number of hydrogen-bond donors (Lipinski definition) is 1. The number of nitrogens with zero attached hydrogens (tertiary/aromatic N) is 3. The van der Waals surface area contributed by atoms with Gasteiger partial charge < -0.3 is 5.73 Å². The maximum absolute atomic E-state index is 8.73. The Kier molecular flexibility index (Phi) is 2.84. The molecule has 0 aliphatic carbocycles. The summed E-state index contributed by atoms with van der Waals surface area (Å²) in [5, 5.41) is 13.2. The zero-order chi connectivity index (χ0) is 12.4. The number of nitriles is 1. The molecule has 0 spiro atoms. The summed E-state index contributed by atoms with van der Waals surface area (Å²) in [4.78, 5) is 0. The maximum atomic E-state index is 8.73. The SMILES string of the molecule is CC(C)c1cc(N)n(-c2ccc(C#N)cc2)n1. The van der Waals surface area contributed by atoms with Crippen molar-refractivity contribution in [1.82, 2.24) is 9.78 Å². The fraction of sp³-hybridized carbons (Fsp3) is 0.231. The molecule has 0 bridgehead atoms. The molecule has 1 aromatic carbocycles. The number of nitrogen functional groups attached to an aromatic ring is 1. The minimum atomic E-state index is 0.344. The highest BCUT2D eigenvalue weighted by atomic mass is 15.3. The molecule has 1 aromatic heterocycles. The van der Waals surface area contributed by atoms with Crippen LogP contribution in [-0.4, -0.2) is 9.78 Å². The molecular formula is C13H14N4. The summed E-state index contributed by atoms with van der Waals surface area (Å²) in [5.74, 6) is 0.954. The van der Waals surface area contributed by atoms with Crippen LogP contribution in [0.2, 0.25) is 0 Å². The third kappa shape index (κ3) is 2.13. The van der Waals surface area contributed by atoms with Gasteiger partial charge in [0.05, 0.1) is 23.0 Å². The van der Waals surface area contributed by atoms with Crippen molar-refractivity contribution in [3.05, 3.63) is 41.6 Å². The second-order valence-corrected chi connectivity index (χ2v) is 4.22. The van der Waals surface area contributed by atoms with Crippen molar-refractivity contribution in [3.63, 3.8) is 0 Å². The largest absolute Gasteiger partial charge is 0.384 e. The van der Waals surface area contributed by atoms with Gasteiger partial charge in [-0.25, -0.2) is 4.68 Å². The minimum absolute atomic E-state index is 0.344. The Morgan fingerprint density at radius 1 is 1.29 bits per heavy atom. The Morgan fingerprint density at radius 3 is 2.41 bits per heavy atom. The lowest BCUT2D eigenvalue weighted by Gasteiger charge is -2.03. The fourth-order valence-electron chi connectivity index (χ4n) is 1.58. The van der Waals surface area contributed by atoms with E-state index in [0.29, 0.717) is 17.3 Å². The van der Waals surface area contributed by atoms with Crippen molar-refractivity contribution in [2.24, 2.45) is 0 Å². The van der Waals surface area contributed by atoms with Crippen molar-refractivity contribution >= 4 is 5.82 Å². The predicted octanol–water partition coefficient (Wildman–Crippen LogP) is 2.45. The van der Waals surface area contributed by atoms with Gasteiger partial charge in [0.15, 0.2) is 0 Å². The monoisotopic (exact) mass is 226 g/mol. The molecule has 4 heteroatoms. The summed E-state index contributed by atoms with van der Waals surface area (Å²) in [6, 6.07) is 11.2. The number of benzene rings is 1. The van der Waals surface area contributed by atoms with Crippen molar-refractivity contribution in [2.75, 3.05) is 5.73 Å². The lowest BCUT2D eigenvalue weighted by molar-refractivity contribution is 0.771. The van der Waals surface area contributed by atoms with Crippen LogP contribution < -0.4 is 5.73 Å². The number of hydrogen-bond acceptors (Lipinski definition) is 3. The summed E-state index contributed by atoms with van der Waals surface area (Å²) in [6.45, 7) is 4.15. The van der Waals surface area contributed by atoms with E-state index in [-0.39, 0.29) is 0 Å². The van der Waals surface area contributed by atoms with Gasteiger partial charge in [-0.15, -0.1) is 0 Å². The number of nitrogens with two attached hydrogens (primary N) is 1. The summed E-state index contributed by atoms with van der Waals surface area (Å²) >= 11 is 0. The molecule has 86 valence electrons. The van der Waals surface area contributed by atoms with Crippen molar-refractivity contribution in [2.45, 2.75) is 19.8 Å². The third-order valence-corrected chi connectivity index (χ3v) is 2.59. The topological polar surface area (TPSA) is 67.6 Å². The lowest BCUT2D eigenvalue weighted by atomic mass is 10.1. The average molecular weight is 226 g/mol. The molecule has 0 fully saturated rings. The molecule has 0 atom stereocenters. The average Bonchev–Trinajstić information content (AvgIpc) is 2.72. The standard InChI is InChI=1S/C13H14N4/c1-9(2)12-7-13(15)17(16-12)11-5-3-10(8-14)4-6-11/h3-7,9H,15H2,1-2H3. The first-order valence-corrected chi connectivity index (χ1v) is 5.48. The zero-order valence-electron chi connectivity index (χ0n) is 9.88. The summed E-state index contributed by atoms with van der Waals surface area (Å²) in [5.41, 5.74) is 8.38. The van der Waals surface area contributed by atoms with Crippen molar-refractivity contribution in [1.29, 1.82) is 5.26 Å². The fourth-order valence-corrected chi connectivity index (χ4v) is 1.58. The molecule has 4 nitrogen and oxygen atoms in total. The van der Waals surface area contributed by atoms with Crippen LogP contribution in [0.3, 0.4) is 0 Å². The quantitative estimate of drug-likeness (QED) is 0.855. The van der Waals surface area contributed by atoms with Gasteiger partial charge in [0.25, 0.3) is 0 Å². The van der Waals surface area contributed by atoms with Crippen LogP contribution in [0, 0.1) is 11.3 Å². The van der Waals surface area contributed by atoms with E-state index in [1.165, 1.54) is 0 Å². The Labute approximate surface area is 100 Å². The van der Waals surface area contributed by atoms with E-state index in [9.17, 15) is 0 Å². The van der Waals surface area contributed by atoms with E-state index in [1.54, 1.807) is 16.8 Å². The van der Waals surface area contributed by atoms with E-state index in [0.717, 1.165) is 11.4 Å². The molecule has 0 saturated heterocycles. The first-order valence-electron chi connectivity index (χ1n) is 5.48. The van der Waals surface area contributed by atoms with E-state index in [1.807, 2.05) is 18.2 Å². The molecular weight excluding hydrogens is 212 g/mol. The highest BCUT2D eigenvalue weighted by molar-refractivity contribution is 5.45. The number of anilines is 1. The van der Waals surface area contributed by atoms with Gasteiger partial charge in [0.1, 0.15) is 5.82 Å². The molecule has 0 amide bonds. The summed E-state index contributed by atoms with van der Waals surface area (Å²) in [7, 11) is 0. The molecule has 1 heterocycles. The molecule has 0 saturated carbocycles. The maximum Gasteiger partial charge on any atom is 0.127 e. The van der Waals surface area contributed by atoms with Crippen LogP contribution in [-0.2, 0) is 0 Å². The van der Waals surface area contributed by atoms with E-state index < -0.39 is 0 Å². The van der Waals surface area contributed by atoms with Crippen molar-refractivity contribution in [3.8, 4) is 11.8 Å². The highest BCUT2D eigenvalue weighted by Crippen LogP contribution is 2.19. The van der Waals surface area contributed by atoms with Crippen LogP contribution in [0.1, 0.15) is 31.0 Å². The highest BCUT2D eigenvalue weighted by Gasteiger charge is 2.09. The zero-order valence-corrected chi connectivity index (χ0v) is 9.88. The van der Waals surface area contributed by atoms with E-state index in [2.05, 4.69) is 25.0 Å². The molecule has 0 aliphatic rings. The Balaban J connectivity index is 2.42. The Morgan fingerprint density at radius 2 is 1.94 bits per heavy atom. The molecule has 0 aliphatic heterocycles. The second-order valence-electron chi connectivity index (χ2n) is 4.22. The van der Waals surface area contributed by atoms with Gasteiger partial charge in [-0.05, 0) is 30.2 Å². The van der Waals surface area contributed by atoms with Crippen LogP contribution in [0.4, 0.5) is 5.82 Å². The molecule has 2 N–H and O–H groups in total. The Hall–Kier alpha value is -2.28. The van der Waals surface area contributed by atoms with Crippen LogP contribution >= 0.6 is 0 Å². The predicted molar refractivity (Wildman–Crippen MR) is 66.8 cm³/mol. The second kappa shape index (κ2) is 4.30. The van der Waals surface area contributed by atoms with Gasteiger partial charge >= 0.3 is 0 Å². The minimum Gasteiger partial charge on any atom is -0.384 e. The van der Waals surface area contributed by atoms with Crippen LogP contribution in [0.5, 0.6) is 0 Å². The number of aromatic nitrogens is 2. The van der Waals surface area contributed by atoms with Gasteiger partial charge in [0.2, 0.25) is 0 Å². The first kappa shape index (κ1) is 11.2. The molecule has 2 rings (SSSR count). The van der Waals surface area contributed by atoms with E-state index >= 15 is 0 Å². The third-order valence-electron chi connectivity index (χ3n) is 2.59. The molecule has 17 heavy (non-hydrogen) atoms. The molecule has 0 unspecified atom stereocenters. The Bertz CT molecular complexity index is 558. The van der Waals surface area contributed by atoms with Crippen molar-refractivity contribution < 1.29 is 0 Å². The summed E-state index contributed by atoms with van der Waals surface area (Å²) in [6.07, 6.45) is 0. The lowest BCUT2D eigenvalue weighted by Crippen LogP contribution is -2.02. The van der Waals surface area contributed by atoms with Gasteiger partial charge in [0, 0.05) is 6.07 Å². The van der Waals surface area contributed by atoms with E-state index in [4.69, 9.17) is 11.0 Å². The molecule has 0 radical (unpaired) electrons. The normalized spacial score (nSPS) is 10.5. The van der Waals surface area contributed by atoms with Gasteiger partial charge in [-0.3, -0.25) is 0 Å². The summed E-state index contributed by atoms with van der Waals surface area (Å²) < 4.78 is 1.69. The smallest absolute Gasteiger partial charge is 0.127 e. The molecule has 2 aromatic rings. The number of rotatable bonds is 2. The van der Waals surface area contributed by atoms with Crippen LogP contribution in [0.15, 0.2) is 30.3 Å².